The SMILES string of the molecule is CCCCNC(=O)C[C@@H](c1cccc(C)c1)c1cn(Cc2ccc(F)cc2)c2ccccc12. The Labute approximate surface area is 195 Å². The molecular formula is C29H31FN2O. The Kier molecular flexibility index (Phi) is 7.23. The van der Waals surface area contributed by atoms with Gasteiger partial charge in [-0.3, -0.25) is 4.79 Å². The topological polar surface area (TPSA) is 34.0 Å². The summed E-state index contributed by atoms with van der Waals surface area (Å²) in [6.07, 6.45) is 4.61. The van der Waals surface area contributed by atoms with Crippen LogP contribution in [0, 0.1) is 12.7 Å². The molecule has 170 valence electrons. The second-order valence-corrected chi connectivity index (χ2v) is 8.73. The van der Waals surface area contributed by atoms with Gasteiger partial charge in [-0.2, -0.15) is 0 Å². The largest absolute Gasteiger partial charge is 0.356 e. The third-order valence-corrected chi connectivity index (χ3v) is 6.15. The van der Waals surface area contributed by atoms with Gasteiger partial charge in [-0.15, -0.1) is 0 Å². The number of rotatable bonds is 9. The summed E-state index contributed by atoms with van der Waals surface area (Å²) in [5.41, 5.74) is 5.61. The maximum atomic E-state index is 13.4. The van der Waals surface area contributed by atoms with Crippen LogP contribution < -0.4 is 5.32 Å². The molecule has 1 amide bonds. The van der Waals surface area contributed by atoms with Crippen molar-refractivity contribution in [3.63, 3.8) is 0 Å². The number of benzene rings is 3. The van der Waals surface area contributed by atoms with Gasteiger partial charge >= 0.3 is 0 Å². The van der Waals surface area contributed by atoms with Gasteiger partial charge in [0, 0.05) is 42.5 Å². The Morgan fingerprint density at radius 1 is 1.03 bits per heavy atom. The molecule has 4 rings (SSSR count). The van der Waals surface area contributed by atoms with Gasteiger partial charge in [-0.1, -0.05) is 73.5 Å². The van der Waals surface area contributed by atoms with E-state index in [4.69, 9.17) is 0 Å². The van der Waals surface area contributed by atoms with Gasteiger partial charge < -0.3 is 9.88 Å². The fraction of sp³-hybridized carbons (Fsp3) is 0.276. The molecule has 3 nitrogen and oxygen atoms in total. The highest BCUT2D eigenvalue weighted by Gasteiger charge is 2.23. The van der Waals surface area contributed by atoms with Crippen LogP contribution in [0.15, 0.2) is 79.0 Å². The van der Waals surface area contributed by atoms with Crippen molar-refractivity contribution < 1.29 is 9.18 Å². The molecule has 0 unspecified atom stereocenters. The molecule has 3 aromatic carbocycles. The highest BCUT2D eigenvalue weighted by Crippen LogP contribution is 2.35. The van der Waals surface area contributed by atoms with Crippen LogP contribution in [0.4, 0.5) is 4.39 Å². The smallest absolute Gasteiger partial charge is 0.220 e. The average Bonchev–Trinajstić information content (AvgIpc) is 3.17. The lowest BCUT2D eigenvalue weighted by molar-refractivity contribution is -0.121. The van der Waals surface area contributed by atoms with Crippen molar-refractivity contribution in [1.82, 2.24) is 9.88 Å². The van der Waals surface area contributed by atoms with Crippen LogP contribution in [0.5, 0.6) is 0 Å². The Morgan fingerprint density at radius 3 is 2.58 bits per heavy atom. The fourth-order valence-electron chi connectivity index (χ4n) is 4.43. The number of nitrogens with zero attached hydrogens (tertiary/aromatic N) is 1. The van der Waals surface area contributed by atoms with Crippen LogP contribution in [0.25, 0.3) is 10.9 Å². The molecule has 4 aromatic rings. The molecule has 0 aliphatic carbocycles. The normalized spacial score (nSPS) is 12.1. The number of fused-ring (bicyclic) bond motifs is 1. The first kappa shape index (κ1) is 22.8. The summed E-state index contributed by atoms with van der Waals surface area (Å²) in [5.74, 6) is -0.207. The second kappa shape index (κ2) is 10.5. The van der Waals surface area contributed by atoms with Crippen LogP contribution >= 0.6 is 0 Å². The van der Waals surface area contributed by atoms with Gasteiger partial charge in [0.1, 0.15) is 5.82 Å². The van der Waals surface area contributed by atoms with Crippen LogP contribution in [0.1, 0.15) is 54.4 Å². The van der Waals surface area contributed by atoms with Gasteiger partial charge in [0.15, 0.2) is 0 Å². The number of unbranched alkanes of at least 4 members (excludes halogenated alkanes) is 1. The van der Waals surface area contributed by atoms with Crippen molar-refractivity contribution in [3.8, 4) is 0 Å². The number of nitrogens with one attached hydrogen (secondary N) is 1. The zero-order valence-corrected chi connectivity index (χ0v) is 19.4. The highest BCUT2D eigenvalue weighted by atomic mass is 19.1. The minimum absolute atomic E-state index is 0.0501. The molecule has 1 heterocycles. The first-order chi connectivity index (χ1) is 16.0. The lowest BCUT2D eigenvalue weighted by atomic mass is 9.87. The molecule has 1 N–H and O–H groups in total. The zero-order valence-electron chi connectivity index (χ0n) is 19.4. The Balaban J connectivity index is 1.74. The van der Waals surface area contributed by atoms with Crippen LogP contribution in [-0.4, -0.2) is 17.0 Å². The van der Waals surface area contributed by atoms with E-state index in [-0.39, 0.29) is 17.6 Å². The van der Waals surface area contributed by atoms with E-state index in [1.54, 1.807) is 0 Å². The predicted octanol–water partition coefficient (Wildman–Crippen LogP) is 6.58. The summed E-state index contributed by atoms with van der Waals surface area (Å²) in [5, 5.41) is 4.23. The third kappa shape index (κ3) is 5.51. The lowest BCUT2D eigenvalue weighted by Crippen LogP contribution is -2.26. The van der Waals surface area contributed by atoms with E-state index in [0.717, 1.165) is 40.4 Å². The van der Waals surface area contributed by atoms with Crippen LogP contribution in [0.2, 0.25) is 0 Å². The van der Waals surface area contributed by atoms with Crippen molar-refractivity contribution in [3.05, 3.63) is 107 Å². The number of hydrogen-bond donors (Lipinski definition) is 1. The quantitative estimate of drug-likeness (QED) is 0.292. The monoisotopic (exact) mass is 442 g/mol. The number of para-hydroxylation sites is 1. The summed E-state index contributed by atoms with van der Waals surface area (Å²) < 4.78 is 15.6. The molecule has 4 heteroatoms. The van der Waals surface area contributed by atoms with E-state index in [1.807, 2.05) is 24.3 Å². The highest BCUT2D eigenvalue weighted by molar-refractivity contribution is 5.86. The lowest BCUT2D eigenvalue weighted by Gasteiger charge is -2.18. The van der Waals surface area contributed by atoms with Gasteiger partial charge in [0.2, 0.25) is 5.91 Å². The number of halogens is 1. The molecule has 0 saturated heterocycles. The number of carbonyl (C=O) groups is 1. The van der Waals surface area contributed by atoms with Gasteiger partial charge in [-0.05, 0) is 48.2 Å². The molecular weight excluding hydrogens is 411 g/mol. The predicted molar refractivity (Wildman–Crippen MR) is 133 cm³/mol. The van der Waals surface area contributed by atoms with Crippen molar-refractivity contribution in [1.29, 1.82) is 0 Å². The van der Waals surface area contributed by atoms with E-state index in [9.17, 15) is 9.18 Å². The summed E-state index contributed by atoms with van der Waals surface area (Å²) in [6.45, 7) is 5.56. The molecule has 0 fully saturated rings. The number of aryl methyl sites for hydroxylation is 1. The standard InChI is InChI=1S/C29H31FN2O/c1-3-4-16-31-29(33)18-26(23-9-7-8-21(2)17-23)27-20-32(28-11-6-5-10-25(27)28)19-22-12-14-24(30)15-13-22/h5-15,17,20,26H,3-4,16,18-19H2,1-2H3,(H,31,33)/t26-/m0/s1. The Bertz CT molecular complexity index is 1230. The minimum atomic E-state index is -0.231. The molecule has 1 aromatic heterocycles. The van der Waals surface area contributed by atoms with Crippen molar-refractivity contribution in [2.75, 3.05) is 6.54 Å². The van der Waals surface area contributed by atoms with Gasteiger partial charge in [-0.25, -0.2) is 4.39 Å². The maximum Gasteiger partial charge on any atom is 0.220 e. The van der Waals surface area contributed by atoms with E-state index >= 15 is 0 Å². The number of carbonyl (C=O) groups excluding carboxylic acids is 1. The Hall–Kier alpha value is -3.40. The summed E-state index contributed by atoms with van der Waals surface area (Å²) >= 11 is 0. The van der Waals surface area contributed by atoms with E-state index in [2.05, 4.69) is 66.3 Å². The van der Waals surface area contributed by atoms with Crippen LogP contribution in [0.3, 0.4) is 0 Å². The summed E-state index contributed by atoms with van der Waals surface area (Å²) in [7, 11) is 0. The van der Waals surface area contributed by atoms with Gasteiger partial charge in [0.25, 0.3) is 0 Å². The first-order valence-corrected chi connectivity index (χ1v) is 11.7. The number of amides is 1. The summed E-state index contributed by atoms with van der Waals surface area (Å²) in [4.78, 5) is 12.9. The summed E-state index contributed by atoms with van der Waals surface area (Å²) in [6, 6.07) is 23.4. The van der Waals surface area contributed by atoms with E-state index in [0.29, 0.717) is 19.5 Å². The second-order valence-electron chi connectivity index (χ2n) is 8.73. The molecule has 0 aliphatic heterocycles. The molecule has 0 aliphatic rings. The third-order valence-electron chi connectivity index (χ3n) is 6.15. The fourth-order valence-corrected chi connectivity index (χ4v) is 4.43. The average molecular weight is 443 g/mol. The van der Waals surface area contributed by atoms with Crippen LogP contribution in [-0.2, 0) is 11.3 Å². The molecule has 1 atom stereocenters. The van der Waals surface area contributed by atoms with E-state index in [1.165, 1.54) is 17.7 Å². The molecule has 0 radical (unpaired) electrons. The molecule has 0 spiro atoms. The molecule has 33 heavy (non-hydrogen) atoms. The van der Waals surface area contributed by atoms with Crippen molar-refractivity contribution >= 4 is 16.8 Å². The maximum absolute atomic E-state index is 13.4. The Morgan fingerprint density at radius 2 is 1.82 bits per heavy atom. The first-order valence-electron chi connectivity index (χ1n) is 11.7. The van der Waals surface area contributed by atoms with Gasteiger partial charge in [0.05, 0.1) is 0 Å². The number of hydrogen-bond acceptors (Lipinski definition) is 1. The van der Waals surface area contributed by atoms with E-state index < -0.39 is 0 Å². The number of aromatic nitrogens is 1. The minimum Gasteiger partial charge on any atom is -0.356 e. The molecule has 0 saturated carbocycles. The van der Waals surface area contributed by atoms with Crippen molar-refractivity contribution in [2.24, 2.45) is 0 Å². The van der Waals surface area contributed by atoms with Crippen molar-refractivity contribution in [2.45, 2.75) is 45.6 Å². The molecule has 0 bridgehead atoms. The zero-order chi connectivity index (χ0) is 23.2.